The molecule has 1 aromatic rings. The van der Waals surface area contributed by atoms with Gasteiger partial charge in [-0.3, -0.25) is 9.89 Å². The van der Waals surface area contributed by atoms with Crippen LogP contribution in [0.3, 0.4) is 0 Å². The van der Waals surface area contributed by atoms with E-state index in [-0.39, 0.29) is 0 Å². The molecule has 6 heteroatoms. The SMILES string of the molecule is CN=C(NCCc1cccc(Cl)c1)NCCN(CCOC)C1CC1. The van der Waals surface area contributed by atoms with Gasteiger partial charge in [0.05, 0.1) is 6.61 Å². The van der Waals surface area contributed by atoms with Gasteiger partial charge >= 0.3 is 0 Å². The first-order valence-electron chi connectivity index (χ1n) is 8.65. The van der Waals surface area contributed by atoms with E-state index in [0.717, 1.165) is 56.2 Å². The van der Waals surface area contributed by atoms with Crippen molar-refractivity contribution in [3.8, 4) is 0 Å². The number of benzene rings is 1. The van der Waals surface area contributed by atoms with Crippen molar-refractivity contribution in [3.05, 3.63) is 34.9 Å². The van der Waals surface area contributed by atoms with Crippen LogP contribution in [0.25, 0.3) is 0 Å². The Bertz CT molecular complexity index is 519. The minimum atomic E-state index is 0.750. The fraction of sp³-hybridized carbons (Fsp3) is 0.611. The standard InChI is InChI=1S/C18H29ClN4O/c1-20-18(21-9-8-15-4-3-5-16(19)14-15)22-10-11-23(12-13-24-2)17-6-7-17/h3-5,14,17H,6-13H2,1-2H3,(H2,20,21,22). The molecule has 0 unspecified atom stereocenters. The van der Waals surface area contributed by atoms with Gasteiger partial charge < -0.3 is 15.4 Å². The van der Waals surface area contributed by atoms with E-state index < -0.39 is 0 Å². The fourth-order valence-corrected chi connectivity index (χ4v) is 2.89. The van der Waals surface area contributed by atoms with Crippen LogP contribution < -0.4 is 10.6 Å². The summed E-state index contributed by atoms with van der Waals surface area (Å²) in [5, 5.41) is 7.52. The number of rotatable bonds is 10. The van der Waals surface area contributed by atoms with Gasteiger partial charge in [-0.25, -0.2) is 0 Å². The lowest BCUT2D eigenvalue weighted by molar-refractivity contribution is 0.144. The topological polar surface area (TPSA) is 48.9 Å². The van der Waals surface area contributed by atoms with Gasteiger partial charge in [0, 0.05) is 51.4 Å². The lowest BCUT2D eigenvalue weighted by Crippen LogP contribution is -2.43. The Morgan fingerprint density at radius 2 is 2.08 bits per heavy atom. The van der Waals surface area contributed by atoms with Crippen LogP contribution >= 0.6 is 11.6 Å². The van der Waals surface area contributed by atoms with E-state index in [1.165, 1.54) is 18.4 Å². The lowest BCUT2D eigenvalue weighted by atomic mass is 10.1. The van der Waals surface area contributed by atoms with E-state index in [4.69, 9.17) is 16.3 Å². The predicted molar refractivity (Wildman–Crippen MR) is 101 cm³/mol. The summed E-state index contributed by atoms with van der Waals surface area (Å²) < 4.78 is 5.19. The summed E-state index contributed by atoms with van der Waals surface area (Å²) in [7, 11) is 3.56. The van der Waals surface area contributed by atoms with E-state index in [9.17, 15) is 0 Å². The van der Waals surface area contributed by atoms with Gasteiger partial charge in [-0.1, -0.05) is 23.7 Å². The van der Waals surface area contributed by atoms with Gasteiger partial charge in [0.2, 0.25) is 0 Å². The van der Waals surface area contributed by atoms with Crippen molar-refractivity contribution in [1.29, 1.82) is 0 Å². The summed E-state index contributed by atoms with van der Waals surface area (Å²) in [6, 6.07) is 8.72. The third kappa shape index (κ3) is 7.07. The highest BCUT2D eigenvalue weighted by molar-refractivity contribution is 6.30. The molecule has 0 spiro atoms. The maximum Gasteiger partial charge on any atom is 0.191 e. The van der Waals surface area contributed by atoms with Crippen molar-refractivity contribution in [2.75, 3.05) is 46.9 Å². The molecule has 0 saturated heterocycles. The van der Waals surface area contributed by atoms with Gasteiger partial charge in [-0.15, -0.1) is 0 Å². The van der Waals surface area contributed by atoms with Gasteiger partial charge in [-0.05, 0) is 37.0 Å². The van der Waals surface area contributed by atoms with Gasteiger partial charge in [0.25, 0.3) is 0 Å². The second-order valence-corrected chi connectivity index (χ2v) is 6.50. The second kappa shape index (κ2) is 10.5. The molecule has 1 aromatic carbocycles. The zero-order valence-electron chi connectivity index (χ0n) is 14.7. The molecule has 134 valence electrons. The van der Waals surface area contributed by atoms with Gasteiger partial charge in [0.1, 0.15) is 0 Å². The Labute approximate surface area is 150 Å². The monoisotopic (exact) mass is 352 g/mol. The third-order valence-electron chi connectivity index (χ3n) is 4.16. The summed E-state index contributed by atoms with van der Waals surface area (Å²) in [5.74, 6) is 0.847. The number of hydrogen-bond acceptors (Lipinski definition) is 3. The van der Waals surface area contributed by atoms with Crippen LogP contribution in [0.4, 0.5) is 0 Å². The number of nitrogens with zero attached hydrogens (tertiary/aromatic N) is 2. The molecule has 0 atom stereocenters. The van der Waals surface area contributed by atoms with Gasteiger partial charge in [0.15, 0.2) is 5.96 Å². The average molecular weight is 353 g/mol. The van der Waals surface area contributed by atoms with E-state index in [0.29, 0.717) is 0 Å². The summed E-state index contributed by atoms with van der Waals surface area (Å²) in [6.07, 6.45) is 3.55. The Balaban J connectivity index is 1.64. The Hall–Kier alpha value is -1.30. The fourth-order valence-electron chi connectivity index (χ4n) is 2.68. The quantitative estimate of drug-likeness (QED) is 0.500. The number of ether oxygens (including phenoxy) is 1. The predicted octanol–water partition coefficient (Wildman–Crippen LogP) is 2.16. The molecule has 0 heterocycles. The molecule has 0 bridgehead atoms. The van der Waals surface area contributed by atoms with Crippen LogP contribution in [-0.4, -0.2) is 63.8 Å². The first kappa shape index (κ1) is 19.0. The molecule has 0 aromatic heterocycles. The molecule has 2 N–H and O–H groups in total. The number of guanidine groups is 1. The summed E-state index contributed by atoms with van der Waals surface area (Å²) in [4.78, 5) is 6.78. The van der Waals surface area contributed by atoms with Crippen LogP contribution in [0.2, 0.25) is 5.02 Å². The molecule has 1 aliphatic rings. The maximum atomic E-state index is 6.01. The third-order valence-corrected chi connectivity index (χ3v) is 4.39. The molecule has 0 aliphatic heterocycles. The van der Waals surface area contributed by atoms with Crippen molar-refractivity contribution in [3.63, 3.8) is 0 Å². The van der Waals surface area contributed by atoms with Crippen LogP contribution in [0.5, 0.6) is 0 Å². The molecule has 1 fully saturated rings. The number of hydrogen-bond donors (Lipinski definition) is 2. The number of nitrogens with one attached hydrogen (secondary N) is 2. The molecule has 0 amide bonds. The van der Waals surface area contributed by atoms with Gasteiger partial charge in [-0.2, -0.15) is 0 Å². The zero-order chi connectivity index (χ0) is 17.2. The zero-order valence-corrected chi connectivity index (χ0v) is 15.5. The van der Waals surface area contributed by atoms with Crippen molar-refractivity contribution < 1.29 is 4.74 Å². The van der Waals surface area contributed by atoms with Crippen LogP contribution in [0.15, 0.2) is 29.3 Å². The highest BCUT2D eigenvalue weighted by Gasteiger charge is 2.28. The smallest absolute Gasteiger partial charge is 0.191 e. The minimum Gasteiger partial charge on any atom is -0.383 e. The first-order valence-corrected chi connectivity index (χ1v) is 9.02. The van der Waals surface area contributed by atoms with E-state index in [1.54, 1.807) is 14.2 Å². The van der Waals surface area contributed by atoms with Crippen molar-refractivity contribution in [1.82, 2.24) is 15.5 Å². The molecule has 1 aliphatic carbocycles. The number of aliphatic imine (C=N–C) groups is 1. The average Bonchev–Trinajstić information content (AvgIpc) is 3.41. The molecular weight excluding hydrogens is 324 g/mol. The highest BCUT2D eigenvalue weighted by atomic mass is 35.5. The Morgan fingerprint density at radius 1 is 1.29 bits per heavy atom. The summed E-state index contributed by atoms with van der Waals surface area (Å²) in [6.45, 7) is 4.53. The first-order chi connectivity index (χ1) is 11.7. The lowest BCUT2D eigenvalue weighted by Gasteiger charge is -2.22. The molecule has 1 saturated carbocycles. The number of methoxy groups -OCH3 is 1. The normalized spacial score (nSPS) is 14.9. The maximum absolute atomic E-state index is 6.01. The molecular formula is C18H29ClN4O. The second-order valence-electron chi connectivity index (χ2n) is 6.07. The van der Waals surface area contributed by atoms with E-state index >= 15 is 0 Å². The molecule has 0 radical (unpaired) electrons. The number of halogens is 1. The Morgan fingerprint density at radius 3 is 2.75 bits per heavy atom. The van der Waals surface area contributed by atoms with Crippen LogP contribution in [-0.2, 0) is 11.2 Å². The Kier molecular flexibility index (Phi) is 8.36. The van der Waals surface area contributed by atoms with Crippen molar-refractivity contribution in [2.24, 2.45) is 4.99 Å². The van der Waals surface area contributed by atoms with Crippen LogP contribution in [0.1, 0.15) is 18.4 Å². The van der Waals surface area contributed by atoms with E-state index in [2.05, 4.69) is 26.6 Å². The minimum absolute atomic E-state index is 0.750. The largest absolute Gasteiger partial charge is 0.383 e. The highest BCUT2D eigenvalue weighted by Crippen LogP contribution is 2.25. The van der Waals surface area contributed by atoms with E-state index in [1.807, 2.05) is 18.2 Å². The molecule has 5 nitrogen and oxygen atoms in total. The summed E-state index contributed by atoms with van der Waals surface area (Å²) in [5.41, 5.74) is 1.23. The van der Waals surface area contributed by atoms with Crippen molar-refractivity contribution in [2.45, 2.75) is 25.3 Å². The molecule has 24 heavy (non-hydrogen) atoms. The summed E-state index contributed by atoms with van der Waals surface area (Å²) >= 11 is 6.01. The molecule has 2 rings (SSSR count). The van der Waals surface area contributed by atoms with Crippen LogP contribution in [0, 0.1) is 0 Å². The van der Waals surface area contributed by atoms with Crippen molar-refractivity contribution >= 4 is 17.6 Å².